The van der Waals surface area contributed by atoms with Crippen LogP contribution in [0.1, 0.15) is 11.1 Å². The Hall–Kier alpha value is -4.53. The third-order valence-electron chi connectivity index (χ3n) is 5.43. The SMILES string of the molecule is COc1ccc([N+](=O)[O-])cc1Cn1cc(CC(=O)O)c2ccc(-c3cc(N)cc(N)c3)cc21. The number of nitro benzene ring substituents is 1. The molecule has 3 aromatic carbocycles. The Labute approximate surface area is 189 Å². The smallest absolute Gasteiger partial charge is 0.307 e. The van der Waals surface area contributed by atoms with Gasteiger partial charge < -0.3 is 25.9 Å². The van der Waals surface area contributed by atoms with E-state index in [0.29, 0.717) is 28.3 Å². The Morgan fingerprint density at radius 2 is 1.76 bits per heavy atom. The largest absolute Gasteiger partial charge is 0.496 e. The van der Waals surface area contributed by atoms with Crippen LogP contribution in [0, 0.1) is 10.1 Å². The summed E-state index contributed by atoms with van der Waals surface area (Å²) in [6.45, 7) is 0.253. The van der Waals surface area contributed by atoms with E-state index in [1.807, 2.05) is 34.9 Å². The van der Waals surface area contributed by atoms with Gasteiger partial charge in [-0.2, -0.15) is 0 Å². The fourth-order valence-corrected chi connectivity index (χ4v) is 4.01. The fraction of sp³-hybridized carbons (Fsp3) is 0.125. The number of rotatable bonds is 7. The van der Waals surface area contributed by atoms with Gasteiger partial charge in [0.05, 0.1) is 25.0 Å². The number of nitro groups is 1. The normalized spacial score (nSPS) is 10.9. The van der Waals surface area contributed by atoms with Gasteiger partial charge in [-0.05, 0) is 47.0 Å². The summed E-state index contributed by atoms with van der Waals surface area (Å²) in [6, 6.07) is 15.4. The van der Waals surface area contributed by atoms with Gasteiger partial charge in [-0.25, -0.2) is 0 Å². The topological polar surface area (TPSA) is 147 Å². The molecule has 0 spiro atoms. The Balaban J connectivity index is 1.87. The number of carbonyl (C=O) groups is 1. The minimum atomic E-state index is -0.949. The molecule has 9 heteroatoms. The van der Waals surface area contributed by atoms with Crippen molar-refractivity contribution >= 4 is 33.9 Å². The van der Waals surface area contributed by atoms with Gasteiger partial charge in [0.25, 0.3) is 5.69 Å². The first-order valence-electron chi connectivity index (χ1n) is 10.1. The minimum absolute atomic E-state index is 0.0519. The van der Waals surface area contributed by atoms with Gasteiger partial charge in [-0.3, -0.25) is 14.9 Å². The predicted molar refractivity (Wildman–Crippen MR) is 126 cm³/mol. The Morgan fingerprint density at radius 3 is 2.39 bits per heavy atom. The summed E-state index contributed by atoms with van der Waals surface area (Å²) in [5.41, 5.74) is 16.6. The maximum atomic E-state index is 11.4. The van der Waals surface area contributed by atoms with Crippen LogP contribution in [0.3, 0.4) is 0 Å². The van der Waals surface area contributed by atoms with Crippen molar-refractivity contribution in [3.63, 3.8) is 0 Å². The molecule has 0 fully saturated rings. The van der Waals surface area contributed by atoms with Gasteiger partial charge in [0.15, 0.2) is 0 Å². The second-order valence-electron chi connectivity index (χ2n) is 7.73. The summed E-state index contributed by atoms with van der Waals surface area (Å²) in [5, 5.41) is 21.4. The van der Waals surface area contributed by atoms with E-state index < -0.39 is 10.9 Å². The molecule has 9 nitrogen and oxygen atoms in total. The number of nitrogens with two attached hydrogens (primary N) is 2. The fourth-order valence-electron chi connectivity index (χ4n) is 4.01. The lowest BCUT2D eigenvalue weighted by atomic mass is 10.0. The lowest BCUT2D eigenvalue weighted by Gasteiger charge is -2.11. The molecule has 168 valence electrons. The number of non-ortho nitro benzene ring substituents is 1. The van der Waals surface area contributed by atoms with E-state index in [2.05, 4.69) is 0 Å². The van der Waals surface area contributed by atoms with Crippen LogP contribution in [-0.4, -0.2) is 27.7 Å². The number of nitrogens with zero attached hydrogens (tertiary/aromatic N) is 2. The molecule has 0 atom stereocenters. The number of aromatic nitrogens is 1. The number of hydrogen-bond donors (Lipinski definition) is 3. The molecule has 1 aromatic heterocycles. The van der Waals surface area contributed by atoms with E-state index in [4.69, 9.17) is 16.2 Å². The molecule has 0 unspecified atom stereocenters. The zero-order valence-electron chi connectivity index (χ0n) is 17.8. The Kier molecular flexibility index (Phi) is 5.61. The van der Waals surface area contributed by atoms with Gasteiger partial charge in [-0.1, -0.05) is 12.1 Å². The number of aliphatic carboxylic acids is 1. The van der Waals surface area contributed by atoms with Gasteiger partial charge in [-0.15, -0.1) is 0 Å². The van der Waals surface area contributed by atoms with Crippen LogP contribution in [0.4, 0.5) is 17.1 Å². The first kappa shape index (κ1) is 21.7. The third kappa shape index (κ3) is 4.42. The monoisotopic (exact) mass is 446 g/mol. The van der Waals surface area contributed by atoms with E-state index in [1.54, 1.807) is 18.3 Å². The first-order valence-corrected chi connectivity index (χ1v) is 10.1. The highest BCUT2D eigenvalue weighted by molar-refractivity contribution is 5.91. The summed E-state index contributed by atoms with van der Waals surface area (Å²) in [6.07, 6.45) is 1.61. The van der Waals surface area contributed by atoms with Gasteiger partial charge in [0.1, 0.15) is 5.75 Å². The van der Waals surface area contributed by atoms with Crippen molar-refractivity contribution < 1.29 is 19.6 Å². The number of nitrogen functional groups attached to an aromatic ring is 2. The summed E-state index contributed by atoms with van der Waals surface area (Å²) in [4.78, 5) is 22.2. The molecule has 0 bridgehead atoms. The van der Waals surface area contributed by atoms with Crippen molar-refractivity contribution in [1.29, 1.82) is 0 Å². The van der Waals surface area contributed by atoms with Crippen molar-refractivity contribution in [3.05, 3.63) is 82.0 Å². The zero-order chi connectivity index (χ0) is 23.7. The molecule has 0 saturated carbocycles. The number of methoxy groups -OCH3 is 1. The van der Waals surface area contributed by atoms with Gasteiger partial charge in [0, 0.05) is 46.2 Å². The van der Waals surface area contributed by atoms with Crippen LogP contribution in [0.5, 0.6) is 5.75 Å². The lowest BCUT2D eigenvalue weighted by molar-refractivity contribution is -0.384. The molecule has 0 aliphatic carbocycles. The van der Waals surface area contributed by atoms with Crippen LogP contribution >= 0.6 is 0 Å². The number of hydrogen-bond acceptors (Lipinski definition) is 6. The molecule has 5 N–H and O–H groups in total. The highest BCUT2D eigenvalue weighted by Gasteiger charge is 2.16. The average molecular weight is 446 g/mol. The van der Waals surface area contributed by atoms with Crippen LogP contribution in [0.15, 0.2) is 60.8 Å². The summed E-state index contributed by atoms with van der Waals surface area (Å²) in [5.74, 6) is -0.448. The Bertz CT molecular complexity index is 1370. The van der Waals surface area contributed by atoms with Crippen LogP contribution in [0.25, 0.3) is 22.0 Å². The standard InChI is InChI=1S/C24H22N4O5/c1-33-23-5-3-20(28(31)32)8-17(23)13-27-12-16(10-24(29)30)21-4-2-14(9-22(21)27)15-6-18(25)11-19(26)7-15/h2-9,11-12H,10,13,25-26H2,1H3,(H,29,30). The van der Waals surface area contributed by atoms with E-state index in [1.165, 1.54) is 19.2 Å². The highest BCUT2D eigenvalue weighted by Crippen LogP contribution is 2.32. The maximum Gasteiger partial charge on any atom is 0.307 e. The number of anilines is 2. The summed E-state index contributed by atoms with van der Waals surface area (Å²) < 4.78 is 7.27. The van der Waals surface area contributed by atoms with Crippen molar-refractivity contribution in [3.8, 4) is 16.9 Å². The molecule has 4 aromatic rings. The molecule has 0 aliphatic heterocycles. The number of ether oxygens (including phenoxy) is 1. The van der Waals surface area contributed by atoms with E-state index in [-0.39, 0.29) is 18.7 Å². The predicted octanol–water partition coefficient (Wildman–Crippen LogP) is 4.06. The van der Waals surface area contributed by atoms with E-state index in [0.717, 1.165) is 22.0 Å². The van der Waals surface area contributed by atoms with Crippen molar-refractivity contribution in [2.24, 2.45) is 0 Å². The van der Waals surface area contributed by atoms with Crippen molar-refractivity contribution in [2.75, 3.05) is 18.6 Å². The van der Waals surface area contributed by atoms with E-state index >= 15 is 0 Å². The minimum Gasteiger partial charge on any atom is -0.496 e. The van der Waals surface area contributed by atoms with E-state index in [9.17, 15) is 20.0 Å². The lowest BCUT2D eigenvalue weighted by Crippen LogP contribution is -2.02. The summed E-state index contributed by atoms with van der Waals surface area (Å²) in [7, 11) is 1.50. The molecular weight excluding hydrogens is 424 g/mol. The van der Waals surface area contributed by atoms with Crippen molar-refractivity contribution in [1.82, 2.24) is 4.57 Å². The molecule has 0 aliphatic rings. The third-order valence-corrected chi connectivity index (χ3v) is 5.43. The molecular formula is C24H22N4O5. The first-order chi connectivity index (χ1) is 15.7. The molecule has 4 rings (SSSR count). The molecule has 33 heavy (non-hydrogen) atoms. The van der Waals surface area contributed by atoms with Gasteiger partial charge in [0.2, 0.25) is 0 Å². The Morgan fingerprint density at radius 1 is 1.03 bits per heavy atom. The molecule has 1 heterocycles. The van der Waals surface area contributed by atoms with Gasteiger partial charge >= 0.3 is 5.97 Å². The molecule has 0 amide bonds. The second kappa shape index (κ2) is 8.54. The van der Waals surface area contributed by atoms with Crippen molar-refractivity contribution in [2.45, 2.75) is 13.0 Å². The number of benzene rings is 3. The van der Waals surface area contributed by atoms with Crippen LogP contribution < -0.4 is 16.2 Å². The summed E-state index contributed by atoms with van der Waals surface area (Å²) >= 11 is 0. The zero-order valence-corrected chi connectivity index (χ0v) is 17.8. The number of fused-ring (bicyclic) bond motifs is 1. The average Bonchev–Trinajstić information content (AvgIpc) is 3.08. The second-order valence-corrected chi connectivity index (χ2v) is 7.73. The quantitative estimate of drug-likeness (QED) is 0.220. The van der Waals surface area contributed by atoms with Crippen LogP contribution in [-0.2, 0) is 17.8 Å². The molecule has 0 saturated heterocycles. The maximum absolute atomic E-state index is 11.4. The highest BCUT2D eigenvalue weighted by atomic mass is 16.6. The molecule has 0 radical (unpaired) electrons. The number of carboxylic acids is 1. The number of carboxylic acid groups (broad SMARTS) is 1. The van der Waals surface area contributed by atoms with Crippen LogP contribution in [0.2, 0.25) is 0 Å².